The first-order chi connectivity index (χ1) is 12.4. The summed E-state index contributed by atoms with van der Waals surface area (Å²) in [7, 11) is 1.55. The first-order valence-corrected chi connectivity index (χ1v) is 8.37. The van der Waals surface area contributed by atoms with Crippen LogP contribution in [-0.4, -0.2) is 31.6 Å². The van der Waals surface area contributed by atoms with Gasteiger partial charge >= 0.3 is 0 Å². The molecule has 0 aromatic heterocycles. The van der Waals surface area contributed by atoms with Gasteiger partial charge in [-0.25, -0.2) is 0 Å². The molecule has 6 nitrogen and oxygen atoms in total. The van der Waals surface area contributed by atoms with Crippen LogP contribution < -0.4 is 20.1 Å². The zero-order valence-corrected chi connectivity index (χ0v) is 15.5. The molecule has 6 heteroatoms. The minimum absolute atomic E-state index is 0.0674. The first-order valence-electron chi connectivity index (χ1n) is 8.37. The summed E-state index contributed by atoms with van der Waals surface area (Å²) in [5.74, 6) is 0.645. The van der Waals surface area contributed by atoms with Crippen LogP contribution in [0.4, 0.5) is 5.69 Å². The molecule has 2 amide bonds. The Bertz CT molecular complexity index is 770. The van der Waals surface area contributed by atoms with E-state index in [1.807, 2.05) is 32.9 Å². The number of nitrogens with one attached hydrogen (secondary N) is 2. The number of carbonyl (C=O) groups excluding carboxylic acids is 2. The van der Waals surface area contributed by atoms with Crippen LogP contribution in [-0.2, 0) is 4.79 Å². The smallest absolute Gasteiger partial charge is 0.262 e. The van der Waals surface area contributed by atoms with E-state index in [9.17, 15) is 9.59 Å². The molecule has 138 valence electrons. The lowest BCUT2D eigenvalue weighted by molar-refractivity contribution is -0.118. The van der Waals surface area contributed by atoms with E-state index in [0.29, 0.717) is 22.7 Å². The second kappa shape index (κ2) is 8.89. The van der Waals surface area contributed by atoms with Crippen molar-refractivity contribution >= 4 is 17.5 Å². The molecule has 0 radical (unpaired) electrons. The van der Waals surface area contributed by atoms with Gasteiger partial charge in [0.1, 0.15) is 0 Å². The van der Waals surface area contributed by atoms with Gasteiger partial charge in [0.05, 0.1) is 7.11 Å². The van der Waals surface area contributed by atoms with Gasteiger partial charge in [0.15, 0.2) is 18.1 Å². The SMILES string of the molecule is COc1cc(C)ccc1OCC(=O)Nc1ccc(C(=O)NC(C)C)cc1. The minimum Gasteiger partial charge on any atom is -0.493 e. The van der Waals surface area contributed by atoms with Gasteiger partial charge < -0.3 is 20.1 Å². The molecule has 2 aromatic rings. The van der Waals surface area contributed by atoms with Gasteiger partial charge in [-0.2, -0.15) is 0 Å². The van der Waals surface area contributed by atoms with Gasteiger partial charge in [0, 0.05) is 17.3 Å². The lowest BCUT2D eigenvalue weighted by Crippen LogP contribution is -2.30. The van der Waals surface area contributed by atoms with Crippen LogP contribution in [0.25, 0.3) is 0 Å². The van der Waals surface area contributed by atoms with Gasteiger partial charge in [-0.1, -0.05) is 6.07 Å². The van der Waals surface area contributed by atoms with Crippen molar-refractivity contribution in [2.45, 2.75) is 26.8 Å². The molecule has 0 saturated carbocycles. The number of methoxy groups -OCH3 is 1. The summed E-state index contributed by atoms with van der Waals surface area (Å²) in [5, 5.41) is 5.55. The number of carbonyl (C=O) groups is 2. The van der Waals surface area contributed by atoms with E-state index in [0.717, 1.165) is 5.56 Å². The highest BCUT2D eigenvalue weighted by atomic mass is 16.5. The van der Waals surface area contributed by atoms with Crippen molar-refractivity contribution in [1.82, 2.24) is 5.32 Å². The fraction of sp³-hybridized carbons (Fsp3) is 0.300. The van der Waals surface area contributed by atoms with Gasteiger partial charge in [0.25, 0.3) is 11.8 Å². The van der Waals surface area contributed by atoms with Crippen molar-refractivity contribution in [3.63, 3.8) is 0 Å². The molecular formula is C20H24N2O4. The molecule has 2 rings (SSSR count). The van der Waals surface area contributed by atoms with Crippen LogP contribution in [0.3, 0.4) is 0 Å². The number of rotatable bonds is 7. The number of benzene rings is 2. The molecule has 2 N–H and O–H groups in total. The maximum absolute atomic E-state index is 12.1. The Labute approximate surface area is 153 Å². The molecule has 0 heterocycles. The third kappa shape index (κ3) is 5.51. The molecule has 0 bridgehead atoms. The second-order valence-corrected chi connectivity index (χ2v) is 6.20. The summed E-state index contributed by atoms with van der Waals surface area (Å²) in [6.45, 7) is 5.60. The summed E-state index contributed by atoms with van der Waals surface area (Å²) >= 11 is 0. The lowest BCUT2D eigenvalue weighted by Gasteiger charge is -2.12. The standard InChI is InChI=1S/C20H24N2O4/c1-13(2)21-20(24)15-6-8-16(9-7-15)22-19(23)12-26-17-10-5-14(3)11-18(17)25-4/h5-11,13H,12H2,1-4H3,(H,21,24)(H,22,23). The third-order valence-electron chi connectivity index (χ3n) is 3.53. The highest BCUT2D eigenvalue weighted by molar-refractivity contribution is 5.96. The van der Waals surface area contributed by atoms with E-state index >= 15 is 0 Å². The molecule has 2 aromatic carbocycles. The Kier molecular flexibility index (Phi) is 6.60. The molecule has 0 aliphatic rings. The van der Waals surface area contributed by atoms with E-state index in [1.165, 1.54) is 0 Å². The number of hydrogen-bond donors (Lipinski definition) is 2. The van der Waals surface area contributed by atoms with Gasteiger partial charge in [0.2, 0.25) is 0 Å². The maximum Gasteiger partial charge on any atom is 0.262 e. The maximum atomic E-state index is 12.1. The van der Waals surface area contributed by atoms with E-state index in [2.05, 4.69) is 10.6 Å². The average molecular weight is 356 g/mol. The van der Waals surface area contributed by atoms with Crippen molar-refractivity contribution in [1.29, 1.82) is 0 Å². The molecule has 0 spiro atoms. The average Bonchev–Trinajstić information content (AvgIpc) is 2.60. The van der Waals surface area contributed by atoms with Gasteiger partial charge in [-0.05, 0) is 62.7 Å². The molecule has 0 aliphatic carbocycles. The number of anilines is 1. The van der Waals surface area contributed by atoms with Crippen LogP contribution in [0, 0.1) is 6.92 Å². The van der Waals surface area contributed by atoms with Crippen molar-refractivity contribution in [3.8, 4) is 11.5 Å². The van der Waals surface area contributed by atoms with Crippen LogP contribution >= 0.6 is 0 Å². The summed E-state index contributed by atoms with van der Waals surface area (Å²) in [4.78, 5) is 24.0. The number of aryl methyl sites for hydroxylation is 1. The quantitative estimate of drug-likeness (QED) is 0.799. The van der Waals surface area contributed by atoms with Gasteiger partial charge in [-0.15, -0.1) is 0 Å². The second-order valence-electron chi connectivity index (χ2n) is 6.20. The molecule has 0 atom stereocenters. The van der Waals surface area contributed by atoms with E-state index in [4.69, 9.17) is 9.47 Å². The number of ether oxygens (including phenoxy) is 2. The zero-order chi connectivity index (χ0) is 19.1. The number of amides is 2. The third-order valence-corrected chi connectivity index (χ3v) is 3.53. The van der Waals surface area contributed by atoms with Crippen LogP contribution in [0.1, 0.15) is 29.8 Å². The Hall–Kier alpha value is -3.02. The van der Waals surface area contributed by atoms with Crippen molar-refractivity contribution in [3.05, 3.63) is 53.6 Å². The monoisotopic (exact) mass is 356 g/mol. The fourth-order valence-electron chi connectivity index (χ4n) is 2.28. The molecular weight excluding hydrogens is 332 g/mol. The molecule has 0 aliphatic heterocycles. The Morgan fingerprint density at radius 1 is 1.04 bits per heavy atom. The largest absolute Gasteiger partial charge is 0.493 e. The predicted octanol–water partition coefficient (Wildman–Crippen LogP) is 3.16. The Balaban J connectivity index is 1.91. The van der Waals surface area contributed by atoms with E-state index in [-0.39, 0.29) is 24.5 Å². The van der Waals surface area contributed by atoms with Crippen LogP contribution in [0.5, 0.6) is 11.5 Å². The molecule has 0 saturated heterocycles. The number of hydrogen-bond acceptors (Lipinski definition) is 4. The van der Waals surface area contributed by atoms with Crippen LogP contribution in [0.15, 0.2) is 42.5 Å². The minimum atomic E-state index is -0.299. The van der Waals surface area contributed by atoms with Gasteiger partial charge in [-0.3, -0.25) is 9.59 Å². The molecule has 0 fully saturated rings. The van der Waals surface area contributed by atoms with E-state index < -0.39 is 0 Å². The van der Waals surface area contributed by atoms with Crippen molar-refractivity contribution < 1.29 is 19.1 Å². The summed E-state index contributed by atoms with van der Waals surface area (Å²) in [6.07, 6.45) is 0. The van der Waals surface area contributed by atoms with Crippen molar-refractivity contribution in [2.24, 2.45) is 0 Å². The zero-order valence-electron chi connectivity index (χ0n) is 15.5. The highest BCUT2D eigenvalue weighted by Gasteiger charge is 2.10. The molecule has 26 heavy (non-hydrogen) atoms. The van der Waals surface area contributed by atoms with Crippen LogP contribution in [0.2, 0.25) is 0 Å². The fourth-order valence-corrected chi connectivity index (χ4v) is 2.28. The summed E-state index contributed by atoms with van der Waals surface area (Å²) in [5.41, 5.74) is 2.17. The highest BCUT2D eigenvalue weighted by Crippen LogP contribution is 2.27. The molecule has 0 unspecified atom stereocenters. The lowest BCUT2D eigenvalue weighted by atomic mass is 10.2. The first kappa shape index (κ1) is 19.3. The Morgan fingerprint density at radius 2 is 1.73 bits per heavy atom. The van der Waals surface area contributed by atoms with Crippen molar-refractivity contribution in [2.75, 3.05) is 19.0 Å². The predicted molar refractivity (Wildman–Crippen MR) is 101 cm³/mol. The topological polar surface area (TPSA) is 76.7 Å². The Morgan fingerprint density at radius 3 is 2.35 bits per heavy atom. The van der Waals surface area contributed by atoms with E-state index in [1.54, 1.807) is 37.4 Å². The summed E-state index contributed by atoms with van der Waals surface area (Å²) < 4.78 is 10.8. The summed E-state index contributed by atoms with van der Waals surface area (Å²) in [6, 6.07) is 12.2. The normalized spacial score (nSPS) is 10.3.